The molecule has 6 nitrogen and oxygen atoms in total. The molecule has 3 N–H and O–H groups in total. The monoisotopic (exact) mass is 406 g/mol. The van der Waals surface area contributed by atoms with E-state index in [9.17, 15) is 4.79 Å². The molecule has 1 amide bonds. The summed E-state index contributed by atoms with van der Waals surface area (Å²) in [6.45, 7) is 1.96. The number of nitrogens with one attached hydrogen (secondary N) is 1. The highest BCUT2D eigenvalue weighted by atomic mass is 35.5. The Labute approximate surface area is 164 Å². The first-order valence-corrected chi connectivity index (χ1v) is 8.30. The molecule has 1 heterocycles. The molecule has 0 spiro atoms. The largest absolute Gasteiger partial charge is 0.492 e. The fourth-order valence-electron chi connectivity index (χ4n) is 1.86. The first kappa shape index (κ1) is 23.6. The number of thiazole rings is 1. The Morgan fingerprint density at radius 3 is 2.80 bits per heavy atom. The standard InChI is InChI=1S/C16H22N4O2S.2ClH/c1-20(2)8-9-22-13-5-3-4-12(10-13)18-16(21)14-11-23-15(19-14)6-7-17;;/h3-5,10-11H,6-9,17H2,1-2H3,(H,18,21);2*1H. The van der Waals surface area contributed by atoms with Crippen LogP contribution in [-0.2, 0) is 6.42 Å². The maximum Gasteiger partial charge on any atom is 0.275 e. The van der Waals surface area contributed by atoms with Crippen molar-refractivity contribution in [2.45, 2.75) is 6.42 Å². The van der Waals surface area contributed by atoms with Crippen molar-refractivity contribution >= 4 is 47.7 Å². The number of benzene rings is 1. The van der Waals surface area contributed by atoms with Crippen LogP contribution in [0.2, 0.25) is 0 Å². The molecule has 0 bridgehead atoms. The maximum atomic E-state index is 12.2. The van der Waals surface area contributed by atoms with Gasteiger partial charge in [-0.1, -0.05) is 6.07 Å². The van der Waals surface area contributed by atoms with Crippen molar-refractivity contribution in [3.63, 3.8) is 0 Å². The van der Waals surface area contributed by atoms with Gasteiger partial charge in [-0.2, -0.15) is 0 Å². The van der Waals surface area contributed by atoms with Crippen LogP contribution in [-0.4, -0.2) is 49.6 Å². The van der Waals surface area contributed by atoms with Crippen LogP contribution >= 0.6 is 36.2 Å². The summed E-state index contributed by atoms with van der Waals surface area (Å²) in [5, 5.41) is 5.46. The van der Waals surface area contributed by atoms with E-state index in [0.29, 0.717) is 31.0 Å². The number of aromatic nitrogens is 1. The smallest absolute Gasteiger partial charge is 0.275 e. The molecule has 0 atom stereocenters. The van der Waals surface area contributed by atoms with Gasteiger partial charge in [0.25, 0.3) is 5.91 Å². The van der Waals surface area contributed by atoms with Crippen LogP contribution in [0.4, 0.5) is 5.69 Å². The topological polar surface area (TPSA) is 80.5 Å². The highest BCUT2D eigenvalue weighted by molar-refractivity contribution is 7.09. The van der Waals surface area contributed by atoms with Gasteiger partial charge in [-0.3, -0.25) is 4.79 Å². The summed E-state index contributed by atoms with van der Waals surface area (Å²) >= 11 is 1.45. The van der Waals surface area contributed by atoms with Crippen LogP contribution in [0.3, 0.4) is 0 Å². The molecule has 1 aromatic carbocycles. The predicted molar refractivity (Wildman–Crippen MR) is 108 cm³/mol. The molecule has 1 aromatic heterocycles. The third kappa shape index (κ3) is 8.02. The molecule has 0 fully saturated rings. The van der Waals surface area contributed by atoms with Crippen LogP contribution in [0, 0.1) is 0 Å². The van der Waals surface area contributed by atoms with Crippen LogP contribution in [0.1, 0.15) is 15.5 Å². The lowest BCUT2D eigenvalue weighted by Gasteiger charge is -2.12. The summed E-state index contributed by atoms with van der Waals surface area (Å²) in [6, 6.07) is 7.35. The Morgan fingerprint density at radius 2 is 2.12 bits per heavy atom. The molecule has 9 heteroatoms. The SMILES string of the molecule is CN(C)CCOc1cccc(NC(=O)c2csc(CCN)n2)c1.Cl.Cl. The molecule has 0 aliphatic carbocycles. The van der Waals surface area contributed by atoms with Gasteiger partial charge in [-0.15, -0.1) is 36.2 Å². The van der Waals surface area contributed by atoms with E-state index in [1.54, 1.807) is 11.4 Å². The number of likely N-dealkylation sites (N-methyl/N-ethyl adjacent to an activating group) is 1. The Balaban J connectivity index is 0.00000288. The Kier molecular flexibility index (Phi) is 11.4. The number of hydrogen-bond donors (Lipinski definition) is 2. The lowest BCUT2D eigenvalue weighted by atomic mass is 10.3. The van der Waals surface area contributed by atoms with Crippen molar-refractivity contribution in [2.24, 2.45) is 5.73 Å². The number of ether oxygens (including phenoxy) is 1. The number of rotatable bonds is 8. The highest BCUT2D eigenvalue weighted by Crippen LogP contribution is 2.18. The van der Waals surface area contributed by atoms with Gasteiger partial charge in [0.1, 0.15) is 18.1 Å². The summed E-state index contributed by atoms with van der Waals surface area (Å²) in [5.74, 6) is 0.502. The molecule has 0 unspecified atom stereocenters. The van der Waals surface area contributed by atoms with Crippen molar-refractivity contribution in [3.05, 3.63) is 40.3 Å². The van der Waals surface area contributed by atoms with Crippen LogP contribution in [0.5, 0.6) is 5.75 Å². The number of carbonyl (C=O) groups excluding carboxylic acids is 1. The number of anilines is 1. The van der Waals surface area contributed by atoms with E-state index in [1.165, 1.54) is 11.3 Å². The molecular weight excluding hydrogens is 383 g/mol. The van der Waals surface area contributed by atoms with Gasteiger partial charge in [0.05, 0.1) is 5.01 Å². The molecule has 0 radical (unpaired) electrons. The zero-order chi connectivity index (χ0) is 16.7. The maximum absolute atomic E-state index is 12.2. The summed E-state index contributed by atoms with van der Waals surface area (Å²) in [7, 11) is 3.99. The minimum atomic E-state index is -0.227. The number of nitrogens with zero attached hydrogens (tertiary/aromatic N) is 2. The third-order valence-corrected chi connectivity index (χ3v) is 3.95. The second-order valence-electron chi connectivity index (χ2n) is 5.30. The molecule has 0 aliphatic rings. The summed E-state index contributed by atoms with van der Waals surface area (Å²) in [4.78, 5) is 18.5. The molecular formula is C16H24Cl2N4O2S. The van der Waals surface area contributed by atoms with Crippen molar-refractivity contribution in [3.8, 4) is 5.75 Å². The Morgan fingerprint density at radius 1 is 1.36 bits per heavy atom. The van der Waals surface area contributed by atoms with Crippen LogP contribution in [0.25, 0.3) is 0 Å². The Bertz CT molecular complexity index is 653. The molecule has 0 saturated heterocycles. The van der Waals surface area contributed by atoms with Gasteiger partial charge in [-0.05, 0) is 32.8 Å². The molecule has 2 aromatic rings. The molecule has 140 valence electrons. The fraction of sp³-hybridized carbons (Fsp3) is 0.375. The lowest BCUT2D eigenvalue weighted by molar-refractivity contribution is 0.102. The van der Waals surface area contributed by atoms with Gasteiger partial charge in [0, 0.05) is 30.1 Å². The van der Waals surface area contributed by atoms with Crippen molar-refractivity contribution in [1.29, 1.82) is 0 Å². The third-order valence-electron chi connectivity index (χ3n) is 3.04. The van der Waals surface area contributed by atoms with E-state index in [-0.39, 0.29) is 30.7 Å². The van der Waals surface area contributed by atoms with E-state index in [1.807, 2.05) is 37.2 Å². The predicted octanol–water partition coefficient (Wildman–Crippen LogP) is 2.68. The van der Waals surface area contributed by atoms with Crippen LogP contribution < -0.4 is 15.8 Å². The van der Waals surface area contributed by atoms with Gasteiger partial charge >= 0.3 is 0 Å². The van der Waals surface area contributed by atoms with Crippen molar-refractivity contribution in [2.75, 3.05) is 39.1 Å². The average molecular weight is 407 g/mol. The zero-order valence-corrected chi connectivity index (χ0v) is 16.7. The van der Waals surface area contributed by atoms with E-state index in [2.05, 4.69) is 10.3 Å². The fourth-order valence-corrected chi connectivity index (χ4v) is 2.65. The molecule has 0 saturated carbocycles. The van der Waals surface area contributed by atoms with Gasteiger partial charge < -0.3 is 20.7 Å². The number of hydrogen-bond acceptors (Lipinski definition) is 6. The second-order valence-corrected chi connectivity index (χ2v) is 6.24. The second kappa shape index (κ2) is 12.1. The minimum Gasteiger partial charge on any atom is -0.492 e. The summed E-state index contributed by atoms with van der Waals surface area (Å²) in [6.07, 6.45) is 0.688. The number of nitrogens with two attached hydrogens (primary N) is 1. The van der Waals surface area contributed by atoms with Crippen LogP contribution in [0.15, 0.2) is 29.6 Å². The average Bonchev–Trinajstić information content (AvgIpc) is 2.96. The number of amides is 1. The number of halogens is 2. The zero-order valence-electron chi connectivity index (χ0n) is 14.2. The van der Waals surface area contributed by atoms with Gasteiger partial charge in [-0.25, -0.2) is 4.98 Å². The quantitative estimate of drug-likeness (QED) is 0.703. The molecule has 25 heavy (non-hydrogen) atoms. The highest BCUT2D eigenvalue weighted by Gasteiger charge is 2.11. The summed E-state index contributed by atoms with van der Waals surface area (Å²) < 4.78 is 5.66. The first-order valence-electron chi connectivity index (χ1n) is 7.42. The summed E-state index contributed by atoms with van der Waals surface area (Å²) in [5.41, 5.74) is 6.59. The number of carbonyl (C=O) groups is 1. The van der Waals surface area contributed by atoms with Crippen molar-refractivity contribution in [1.82, 2.24) is 9.88 Å². The van der Waals surface area contributed by atoms with Gasteiger partial charge in [0.15, 0.2) is 0 Å². The van der Waals surface area contributed by atoms with E-state index in [0.717, 1.165) is 17.3 Å². The van der Waals surface area contributed by atoms with Gasteiger partial charge in [0.2, 0.25) is 0 Å². The Hall–Kier alpha value is -1.38. The molecule has 0 aliphatic heterocycles. The normalized spacial score (nSPS) is 9.92. The lowest BCUT2D eigenvalue weighted by Crippen LogP contribution is -2.19. The molecule has 2 rings (SSSR count). The minimum absolute atomic E-state index is 0. The van der Waals surface area contributed by atoms with Crippen molar-refractivity contribution < 1.29 is 9.53 Å². The first-order chi connectivity index (χ1) is 11.1. The van der Waals surface area contributed by atoms with E-state index >= 15 is 0 Å². The van der Waals surface area contributed by atoms with E-state index in [4.69, 9.17) is 10.5 Å². The van der Waals surface area contributed by atoms with E-state index < -0.39 is 0 Å².